The molecule has 1 aromatic heterocycles. The van der Waals surface area contributed by atoms with Gasteiger partial charge in [0.2, 0.25) is 5.91 Å². The minimum atomic E-state index is -0.659. The molecule has 10 heteroatoms. The number of nitrogens with zero attached hydrogens (tertiary/aromatic N) is 3. The fourth-order valence-corrected chi connectivity index (χ4v) is 13.1. The first-order chi connectivity index (χ1) is 26.0. The molecule has 1 aliphatic heterocycles. The van der Waals surface area contributed by atoms with Crippen molar-refractivity contribution in [1.29, 1.82) is 0 Å². The van der Waals surface area contributed by atoms with Gasteiger partial charge in [0.15, 0.2) is 5.82 Å². The predicted molar refractivity (Wildman–Crippen MR) is 218 cm³/mol. The molecule has 2 bridgehead atoms. The van der Waals surface area contributed by atoms with E-state index in [1.165, 1.54) is 5.57 Å². The molecule has 1 saturated heterocycles. The van der Waals surface area contributed by atoms with Crippen LogP contribution in [-0.2, 0) is 14.3 Å². The molecule has 0 unspecified atom stereocenters. The molecular formula is C46H69N5O5. The van der Waals surface area contributed by atoms with Gasteiger partial charge in [-0.1, -0.05) is 93.0 Å². The molecule has 3 saturated carbocycles. The van der Waals surface area contributed by atoms with Gasteiger partial charge >= 0.3 is 5.97 Å². The molecule has 1 aromatic carbocycles. The second-order valence-electron chi connectivity index (χ2n) is 21.5. The molecule has 5 N–H and O–H groups in total. The van der Waals surface area contributed by atoms with Gasteiger partial charge in [0.1, 0.15) is 6.33 Å². The quantitative estimate of drug-likeness (QED) is 0.215. The first kappa shape index (κ1) is 41.1. The highest BCUT2D eigenvalue weighted by Crippen LogP contribution is 2.75. The van der Waals surface area contributed by atoms with Gasteiger partial charge in [0.05, 0.1) is 37.9 Å². The van der Waals surface area contributed by atoms with E-state index in [2.05, 4.69) is 82.2 Å². The standard InChI is InChI=1S/C46H69N5O5/c1-27(2)28(3)42(8)19-20-43(9)31-15-16-34-41(7)22-33(51-38(49-26-50-51)30-14-12-13-29(21-30)37(47)52)36(56-24-45(11,48)40(4,5)6)46(34,25-55-23-41)32(31)17-18-44(43,10)35(42)39(53)54/h12-14,17,21,26-28,31,33-36H,15-16,18-20,22-25,48H2,1-11H3,(H2,47,52)(H,53,54)/t28-,31+,33-,34-,35-,36+,41-,42-,43-,44+,45+,46+/m1/s1. The van der Waals surface area contributed by atoms with Crippen LogP contribution in [0.4, 0.5) is 0 Å². The summed E-state index contributed by atoms with van der Waals surface area (Å²) < 4.78 is 16.3. The molecule has 0 radical (unpaired) electrons. The molecule has 2 heterocycles. The molecule has 4 fully saturated rings. The van der Waals surface area contributed by atoms with Crippen molar-refractivity contribution in [1.82, 2.24) is 14.8 Å². The van der Waals surface area contributed by atoms with Crippen LogP contribution in [0.25, 0.3) is 11.4 Å². The van der Waals surface area contributed by atoms with Crippen LogP contribution in [0.5, 0.6) is 0 Å². The van der Waals surface area contributed by atoms with Crippen molar-refractivity contribution in [2.45, 2.75) is 132 Å². The van der Waals surface area contributed by atoms with Crippen LogP contribution < -0.4 is 11.5 Å². The molecule has 308 valence electrons. The number of ether oxygens (including phenoxy) is 2. The highest BCUT2D eigenvalue weighted by atomic mass is 16.5. The van der Waals surface area contributed by atoms with Crippen molar-refractivity contribution in [3.05, 3.63) is 47.8 Å². The number of amides is 1. The van der Waals surface area contributed by atoms with Gasteiger partial charge < -0.3 is 26.0 Å². The number of hydrogen-bond acceptors (Lipinski definition) is 7. The summed E-state index contributed by atoms with van der Waals surface area (Å²) in [6, 6.07) is 7.08. The SMILES string of the molecule is CC(C)[C@@H](C)[C@@]1(C)CC[C@]2(C)[C@H]3CC[C@@H]4[C@@]5(C)COC[C@@]4(C3=CC[C@@]2(C)[C@@H]1C(=O)O)[C@@H](OC[C@](C)(N)C(C)(C)C)[C@H](n1ncnc1-c1cccc(C(N)=O)c1)C5. The smallest absolute Gasteiger partial charge is 0.307 e. The summed E-state index contributed by atoms with van der Waals surface area (Å²) >= 11 is 0. The lowest BCUT2D eigenvalue weighted by atomic mass is 9.34. The van der Waals surface area contributed by atoms with E-state index in [4.69, 9.17) is 31.0 Å². The molecule has 7 rings (SSSR count). The number of fused-ring (bicyclic) bond motifs is 3. The van der Waals surface area contributed by atoms with Crippen molar-refractivity contribution in [2.24, 2.45) is 73.5 Å². The third-order valence-electron chi connectivity index (χ3n) is 17.6. The minimum absolute atomic E-state index is 0.170. The van der Waals surface area contributed by atoms with Crippen molar-refractivity contribution >= 4 is 11.9 Å². The summed E-state index contributed by atoms with van der Waals surface area (Å²) in [6.07, 6.45) is 9.07. The largest absolute Gasteiger partial charge is 0.481 e. The summed E-state index contributed by atoms with van der Waals surface area (Å²) in [5, 5.41) is 16.2. The normalized spacial score (nSPS) is 39.7. The van der Waals surface area contributed by atoms with Gasteiger partial charge in [0.25, 0.3) is 0 Å². The second-order valence-corrected chi connectivity index (χ2v) is 21.5. The zero-order valence-corrected chi connectivity index (χ0v) is 35.9. The third kappa shape index (κ3) is 5.80. The number of allylic oxidation sites excluding steroid dienone is 1. The molecule has 10 nitrogen and oxygen atoms in total. The predicted octanol–water partition coefficient (Wildman–Crippen LogP) is 8.32. The lowest BCUT2D eigenvalue weighted by molar-refractivity contribution is -0.255. The van der Waals surface area contributed by atoms with Crippen LogP contribution in [0.1, 0.15) is 131 Å². The summed E-state index contributed by atoms with van der Waals surface area (Å²) in [6.45, 7) is 26.2. The lowest BCUT2D eigenvalue weighted by Crippen LogP contribution is -2.70. The van der Waals surface area contributed by atoms with Gasteiger partial charge in [0, 0.05) is 22.1 Å². The van der Waals surface area contributed by atoms with Gasteiger partial charge in [-0.3, -0.25) is 9.59 Å². The molecule has 5 aliphatic rings. The zero-order valence-electron chi connectivity index (χ0n) is 35.9. The topological polar surface area (TPSA) is 156 Å². The number of nitrogens with two attached hydrogens (primary N) is 2. The number of aliphatic carboxylic acids is 1. The Bertz CT molecular complexity index is 1900. The summed E-state index contributed by atoms with van der Waals surface area (Å²) in [5.74, 6) is 0.141. The Labute approximate surface area is 334 Å². The Kier molecular flexibility index (Phi) is 9.89. The summed E-state index contributed by atoms with van der Waals surface area (Å²) in [7, 11) is 0. The highest BCUT2D eigenvalue weighted by molar-refractivity contribution is 5.93. The van der Waals surface area contributed by atoms with E-state index in [1.54, 1.807) is 18.5 Å². The first-order valence-electron chi connectivity index (χ1n) is 21.2. The Balaban J connectivity index is 1.41. The maximum atomic E-state index is 13.7. The van der Waals surface area contributed by atoms with Gasteiger partial charge in [-0.05, 0) is 108 Å². The van der Waals surface area contributed by atoms with Gasteiger partial charge in [-0.25, -0.2) is 9.67 Å². The molecular weight excluding hydrogens is 703 g/mol. The van der Waals surface area contributed by atoms with Crippen LogP contribution in [0, 0.1) is 62.1 Å². The van der Waals surface area contributed by atoms with E-state index >= 15 is 0 Å². The number of carboxylic acid groups (broad SMARTS) is 1. The zero-order chi connectivity index (χ0) is 41.0. The molecule has 4 aliphatic carbocycles. The number of carboxylic acids is 1. The van der Waals surface area contributed by atoms with Crippen LogP contribution in [-0.4, -0.2) is 63.2 Å². The molecule has 56 heavy (non-hydrogen) atoms. The first-order valence-corrected chi connectivity index (χ1v) is 21.2. The van der Waals surface area contributed by atoms with Crippen LogP contribution in [0.3, 0.4) is 0 Å². The number of hydrogen-bond donors (Lipinski definition) is 3. The molecule has 2 aromatic rings. The minimum Gasteiger partial charge on any atom is -0.481 e. The summed E-state index contributed by atoms with van der Waals surface area (Å²) in [5.41, 5.74) is 12.9. The van der Waals surface area contributed by atoms with Crippen LogP contribution >= 0.6 is 0 Å². The Morgan fingerprint density at radius 2 is 1.77 bits per heavy atom. The molecule has 1 amide bonds. The van der Waals surface area contributed by atoms with E-state index in [0.29, 0.717) is 43.5 Å². The second kappa shape index (κ2) is 13.5. The van der Waals surface area contributed by atoms with Crippen LogP contribution in [0.2, 0.25) is 0 Å². The van der Waals surface area contributed by atoms with E-state index < -0.39 is 34.2 Å². The number of rotatable bonds is 9. The maximum absolute atomic E-state index is 13.7. The number of carbonyl (C=O) groups excluding carboxylic acids is 1. The molecule has 0 spiro atoms. The fraction of sp³-hybridized carbons (Fsp3) is 0.739. The van der Waals surface area contributed by atoms with Crippen molar-refractivity contribution < 1.29 is 24.2 Å². The average Bonchev–Trinajstić information content (AvgIpc) is 3.60. The third-order valence-corrected chi connectivity index (χ3v) is 17.6. The van der Waals surface area contributed by atoms with Gasteiger partial charge in [-0.15, -0.1) is 0 Å². The van der Waals surface area contributed by atoms with Crippen molar-refractivity contribution in [2.75, 3.05) is 19.8 Å². The Morgan fingerprint density at radius 1 is 1.05 bits per heavy atom. The van der Waals surface area contributed by atoms with E-state index in [-0.39, 0.29) is 51.6 Å². The van der Waals surface area contributed by atoms with Crippen LogP contribution in [0.15, 0.2) is 42.2 Å². The van der Waals surface area contributed by atoms with E-state index in [0.717, 1.165) is 37.7 Å². The van der Waals surface area contributed by atoms with Crippen molar-refractivity contribution in [3.63, 3.8) is 0 Å². The van der Waals surface area contributed by atoms with Gasteiger partial charge in [-0.2, -0.15) is 5.10 Å². The Hall–Kier alpha value is -3.08. The number of benzene rings is 1. The van der Waals surface area contributed by atoms with E-state index in [9.17, 15) is 14.7 Å². The fourth-order valence-electron chi connectivity index (χ4n) is 13.1. The summed E-state index contributed by atoms with van der Waals surface area (Å²) in [4.78, 5) is 30.8. The number of aromatic nitrogens is 3. The maximum Gasteiger partial charge on any atom is 0.307 e. The monoisotopic (exact) mass is 772 g/mol. The number of carbonyl (C=O) groups is 2. The Morgan fingerprint density at radius 3 is 2.41 bits per heavy atom. The molecule has 12 atom stereocenters. The lowest BCUT2D eigenvalue weighted by Gasteiger charge is -2.71. The van der Waals surface area contributed by atoms with Crippen molar-refractivity contribution in [3.8, 4) is 11.4 Å². The number of primary amides is 1. The van der Waals surface area contributed by atoms with E-state index in [1.807, 2.05) is 16.8 Å². The average molecular weight is 772 g/mol. The highest BCUT2D eigenvalue weighted by Gasteiger charge is 2.73.